The predicted molar refractivity (Wildman–Crippen MR) is 108 cm³/mol. The normalized spacial score (nSPS) is 10.6. The summed E-state index contributed by atoms with van der Waals surface area (Å²) in [4.78, 5) is 25.7. The van der Waals surface area contributed by atoms with Crippen LogP contribution in [-0.2, 0) is 0 Å². The quantitative estimate of drug-likeness (QED) is 0.349. The van der Waals surface area contributed by atoms with Crippen LogP contribution in [0.4, 0.5) is 5.69 Å². The number of halogens is 1. The average molecular weight is 409 g/mol. The van der Waals surface area contributed by atoms with Crippen LogP contribution in [0.25, 0.3) is 11.3 Å². The number of carbonyl (C=O) groups is 1. The highest BCUT2D eigenvalue weighted by atomic mass is 35.5. The number of rotatable bonds is 6. The Morgan fingerprint density at radius 2 is 1.86 bits per heavy atom. The van der Waals surface area contributed by atoms with E-state index >= 15 is 0 Å². The lowest BCUT2D eigenvalue weighted by molar-refractivity contribution is 0.103. The third kappa shape index (κ3) is 4.05. The molecule has 8 heteroatoms. The second kappa shape index (κ2) is 8.24. The second-order valence-electron chi connectivity index (χ2n) is 5.69. The molecule has 138 valence electrons. The van der Waals surface area contributed by atoms with Crippen molar-refractivity contribution in [3.05, 3.63) is 89.9 Å². The lowest BCUT2D eigenvalue weighted by Gasteiger charge is -2.11. The van der Waals surface area contributed by atoms with Gasteiger partial charge in [-0.25, -0.2) is 15.0 Å². The molecule has 6 nitrogen and oxygen atoms in total. The molecule has 0 saturated carbocycles. The van der Waals surface area contributed by atoms with Gasteiger partial charge in [-0.3, -0.25) is 4.79 Å². The molecule has 2 aromatic carbocycles. The molecule has 1 N–H and O–H groups in total. The molecule has 0 amide bonds. The number of nitrogens with one attached hydrogen (secondary N) is 1. The largest absolute Gasteiger partial charge is 0.444 e. The summed E-state index contributed by atoms with van der Waals surface area (Å²) in [5.41, 5.74) is 1.97. The molecule has 0 atom stereocenters. The van der Waals surface area contributed by atoms with Crippen LogP contribution in [0.5, 0.6) is 0 Å². The van der Waals surface area contributed by atoms with Gasteiger partial charge in [0, 0.05) is 27.9 Å². The maximum atomic E-state index is 12.8. The average Bonchev–Trinajstić information content (AvgIpc) is 3.28. The molecular formula is C20H13ClN4O2S. The van der Waals surface area contributed by atoms with Gasteiger partial charge in [0.05, 0.1) is 17.4 Å². The topological polar surface area (TPSA) is 80.9 Å². The molecule has 0 bridgehead atoms. The summed E-state index contributed by atoms with van der Waals surface area (Å²) in [7, 11) is 0. The first-order valence-corrected chi connectivity index (χ1v) is 9.43. The molecule has 0 aliphatic rings. The van der Waals surface area contributed by atoms with Gasteiger partial charge in [0.2, 0.25) is 11.6 Å². The van der Waals surface area contributed by atoms with Gasteiger partial charge in [0.15, 0.2) is 12.2 Å². The maximum absolute atomic E-state index is 12.8. The number of benzene rings is 2. The summed E-state index contributed by atoms with van der Waals surface area (Å²) in [5, 5.41) is 0.464. The minimum Gasteiger partial charge on any atom is -0.444 e. The van der Waals surface area contributed by atoms with Crippen LogP contribution >= 0.6 is 23.5 Å². The fourth-order valence-electron chi connectivity index (χ4n) is 2.49. The predicted octanol–water partition coefficient (Wildman–Crippen LogP) is 5.14. The van der Waals surface area contributed by atoms with E-state index in [4.69, 9.17) is 16.0 Å². The third-order valence-corrected chi connectivity index (χ3v) is 4.91. The monoisotopic (exact) mass is 408 g/mol. The highest BCUT2D eigenvalue weighted by molar-refractivity contribution is 8.00. The highest BCUT2D eigenvalue weighted by Gasteiger charge is 2.17. The van der Waals surface area contributed by atoms with Crippen molar-refractivity contribution in [2.45, 2.75) is 4.90 Å². The summed E-state index contributed by atoms with van der Waals surface area (Å²) in [6, 6.07) is 14.5. The van der Waals surface area contributed by atoms with E-state index in [9.17, 15) is 4.79 Å². The Kier molecular flexibility index (Phi) is 5.36. The van der Waals surface area contributed by atoms with Gasteiger partial charge in [0.25, 0.3) is 0 Å². The van der Waals surface area contributed by atoms with E-state index in [-0.39, 0.29) is 11.6 Å². The number of oxazole rings is 1. The molecule has 4 aromatic rings. The second-order valence-corrected chi connectivity index (χ2v) is 7.00. The third-order valence-electron chi connectivity index (χ3n) is 3.85. The summed E-state index contributed by atoms with van der Waals surface area (Å²) < 4.78 is 8.50. The zero-order chi connectivity index (χ0) is 19.3. The number of aromatic nitrogens is 3. The van der Waals surface area contributed by atoms with Gasteiger partial charge in [-0.15, -0.1) is 0 Å². The van der Waals surface area contributed by atoms with Crippen LogP contribution in [0.1, 0.15) is 16.2 Å². The fraction of sp³-hybridized carbons (Fsp3) is 0. The molecule has 0 saturated heterocycles. The van der Waals surface area contributed by atoms with Gasteiger partial charge in [-0.2, -0.15) is 0 Å². The van der Waals surface area contributed by atoms with E-state index in [1.54, 1.807) is 30.5 Å². The number of carbonyl (C=O) groups excluding carboxylic acids is 1. The molecule has 0 radical (unpaired) electrons. The summed E-state index contributed by atoms with van der Waals surface area (Å²) in [6.45, 7) is 0. The molecule has 2 heterocycles. The van der Waals surface area contributed by atoms with Crippen molar-refractivity contribution in [3.8, 4) is 11.3 Å². The number of nitrogens with zero attached hydrogens (tertiary/aromatic N) is 3. The van der Waals surface area contributed by atoms with Gasteiger partial charge < -0.3 is 9.14 Å². The molecule has 4 rings (SSSR count). The van der Waals surface area contributed by atoms with Crippen molar-refractivity contribution in [2.75, 3.05) is 4.72 Å². The van der Waals surface area contributed by atoms with Crippen molar-refractivity contribution in [1.82, 2.24) is 15.0 Å². The first kappa shape index (κ1) is 18.2. The standard InChI is InChI=1S/C20H13ClN4O2S/c21-14-4-7-17(16(10-14)19(26)20-23-8-1-9-24-20)25-28-15-5-2-13(3-6-15)18-11-22-12-27-18/h1-12,25H. The van der Waals surface area contributed by atoms with E-state index in [0.29, 0.717) is 22.0 Å². The Hall–Kier alpha value is -3.16. The first-order valence-electron chi connectivity index (χ1n) is 8.24. The number of hydrogen-bond donors (Lipinski definition) is 1. The Morgan fingerprint density at radius 3 is 2.57 bits per heavy atom. The number of anilines is 1. The lowest BCUT2D eigenvalue weighted by atomic mass is 10.1. The smallest absolute Gasteiger partial charge is 0.232 e. The van der Waals surface area contributed by atoms with Crippen molar-refractivity contribution in [1.29, 1.82) is 0 Å². The molecule has 0 unspecified atom stereocenters. The van der Waals surface area contributed by atoms with Crippen molar-refractivity contribution < 1.29 is 9.21 Å². The number of ketones is 1. The number of hydrogen-bond acceptors (Lipinski definition) is 7. The van der Waals surface area contributed by atoms with Crippen molar-refractivity contribution in [2.24, 2.45) is 0 Å². The van der Waals surface area contributed by atoms with Crippen LogP contribution in [-0.4, -0.2) is 20.7 Å². The van der Waals surface area contributed by atoms with Gasteiger partial charge >= 0.3 is 0 Å². The van der Waals surface area contributed by atoms with Crippen LogP contribution in [0.2, 0.25) is 5.02 Å². The maximum Gasteiger partial charge on any atom is 0.232 e. The van der Waals surface area contributed by atoms with E-state index in [1.807, 2.05) is 24.3 Å². The molecule has 2 aromatic heterocycles. The van der Waals surface area contributed by atoms with Crippen LogP contribution in [0.15, 0.2) is 82.8 Å². The Labute approximate surface area is 170 Å². The highest BCUT2D eigenvalue weighted by Crippen LogP contribution is 2.29. The minimum atomic E-state index is -0.299. The SMILES string of the molecule is O=C(c1ncccn1)c1cc(Cl)ccc1NSc1ccc(-c2cnco2)cc1. The zero-order valence-corrected chi connectivity index (χ0v) is 15.9. The minimum absolute atomic E-state index is 0.120. The fourth-order valence-corrected chi connectivity index (χ4v) is 3.34. The molecule has 0 spiro atoms. The van der Waals surface area contributed by atoms with Crippen molar-refractivity contribution in [3.63, 3.8) is 0 Å². The molecule has 0 aliphatic heterocycles. The molecule has 0 fully saturated rings. The zero-order valence-electron chi connectivity index (χ0n) is 14.4. The lowest BCUT2D eigenvalue weighted by Crippen LogP contribution is -2.08. The van der Waals surface area contributed by atoms with Crippen molar-refractivity contribution >= 4 is 35.0 Å². The van der Waals surface area contributed by atoms with Crippen LogP contribution in [0.3, 0.4) is 0 Å². The Balaban J connectivity index is 1.53. The van der Waals surface area contributed by atoms with E-state index in [2.05, 4.69) is 19.7 Å². The molecule has 0 aliphatic carbocycles. The van der Waals surface area contributed by atoms with E-state index in [0.717, 1.165) is 10.5 Å². The summed E-state index contributed by atoms with van der Waals surface area (Å²) in [6.07, 6.45) is 6.12. The summed E-state index contributed by atoms with van der Waals surface area (Å²) in [5.74, 6) is 0.527. The van der Waals surface area contributed by atoms with Gasteiger partial charge in [0.1, 0.15) is 0 Å². The summed E-state index contributed by atoms with van der Waals surface area (Å²) >= 11 is 7.47. The van der Waals surface area contributed by atoms with E-state index < -0.39 is 0 Å². The van der Waals surface area contributed by atoms with E-state index in [1.165, 1.54) is 30.7 Å². The van der Waals surface area contributed by atoms with Crippen LogP contribution < -0.4 is 4.72 Å². The Morgan fingerprint density at radius 1 is 1.07 bits per heavy atom. The molecule has 28 heavy (non-hydrogen) atoms. The first-order chi connectivity index (χ1) is 13.7. The Bertz CT molecular complexity index is 1090. The van der Waals surface area contributed by atoms with Gasteiger partial charge in [-0.05, 0) is 48.3 Å². The van der Waals surface area contributed by atoms with Crippen LogP contribution in [0, 0.1) is 0 Å². The van der Waals surface area contributed by atoms with Gasteiger partial charge in [-0.1, -0.05) is 23.7 Å². The molecular weight excluding hydrogens is 396 g/mol.